The Balaban J connectivity index is 1.97. The number of amides is 1. The molecule has 0 aliphatic carbocycles. The van der Waals surface area contributed by atoms with Gasteiger partial charge in [-0.05, 0) is 42.0 Å². The van der Waals surface area contributed by atoms with Crippen molar-refractivity contribution in [1.82, 2.24) is 0 Å². The van der Waals surface area contributed by atoms with Gasteiger partial charge < -0.3 is 5.11 Å². The highest BCUT2D eigenvalue weighted by atomic mass is 79.9. The Bertz CT molecular complexity index is 1290. The maximum Gasteiger partial charge on any atom is 0.416 e. The van der Waals surface area contributed by atoms with Gasteiger partial charge in [0.2, 0.25) is 0 Å². The molecule has 1 saturated heterocycles. The summed E-state index contributed by atoms with van der Waals surface area (Å²) in [6.45, 7) is 0. The summed E-state index contributed by atoms with van der Waals surface area (Å²) in [5.41, 5.74) is -0.848. The number of anilines is 1. The molecule has 1 amide bonds. The molecule has 1 fully saturated rings. The third kappa shape index (κ3) is 4.28. The molecular formula is C24H14BrClF3NO3. The summed E-state index contributed by atoms with van der Waals surface area (Å²) in [6, 6.07) is 15.6. The molecule has 4 nitrogen and oxygen atoms in total. The standard InChI is InChI=1S/C24H14BrClF3NO3/c25-15-10-8-13(9-11-15)21(31)19-20(17-6-1-2-7-18(17)26)30(23(33)22(19)32)16-5-3-4-14(12-16)24(27,28)29/h1-12,20,31H/t20-/m0/s1. The third-order valence-electron chi connectivity index (χ3n) is 5.21. The van der Waals surface area contributed by atoms with Crippen LogP contribution in [0, 0.1) is 0 Å². The van der Waals surface area contributed by atoms with Gasteiger partial charge in [-0.15, -0.1) is 0 Å². The van der Waals surface area contributed by atoms with Crippen LogP contribution in [-0.4, -0.2) is 16.8 Å². The largest absolute Gasteiger partial charge is 0.507 e. The topological polar surface area (TPSA) is 57.6 Å². The van der Waals surface area contributed by atoms with Crippen LogP contribution in [0.1, 0.15) is 22.7 Å². The van der Waals surface area contributed by atoms with E-state index >= 15 is 0 Å². The van der Waals surface area contributed by atoms with E-state index in [1.54, 1.807) is 42.5 Å². The normalized spacial score (nSPS) is 18.1. The second-order valence-electron chi connectivity index (χ2n) is 7.25. The Morgan fingerprint density at radius 2 is 1.64 bits per heavy atom. The number of hydrogen-bond acceptors (Lipinski definition) is 3. The Kier molecular flexibility index (Phi) is 6.07. The molecule has 0 radical (unpaired) electrons. The Morgan fingerprint density at radius 3 is 2.27 bits per heavy atom. The lowest BCUT2D eigenvalue weighted by molar-refractivity contribution is -0.137. The van der Waals surface area contributed by atoms with Gasteiger partial charge in [0.1, 0.15) is 5.76 Å². The number of aliphatic hydroxyl groups is 1. The van der Waals surface area contributed by atoms with Crippen LogP contribution in [-0.2, 0) is 15.8 Å². The van der Waals surface area contributed by atoms with Crippen molar-refractivity contribution in [3.05, 3.63) is 105 Å². The fourth-order valence-electron chi connectivity index (χ4n) is 3.69. The van der Waals surface area contributed by atoms with Crippen LogP contribution in [0.5, 0.6) is 0 Å². The minimum Gasteiger partial charge on any atom is -0.507 e. The zero-order valence-electron chi connectivity index (χ0n) is 16.6. The van der Waals surface area contributed by atoms with Crippen LogP contribution in [0.3, 0.4) is 0 Å². The second-order valence-corrected chi connectivity index (χ2v) is 8.57. The molecule has 0 bridgehead atoms. The number of carbonyl (C=O) groups is 2. The monoisotopic (exact) mass is 535 g/mol. The number of benzene rings is 3. The first-order valence-corrected chi connectivity index (χ1v) is 10.8. The molecule has 9 heteroatoms. The molecule has 0 unspecified atom stereocenters. The number of alkyl halides is 3. The number of rotatable bonds is 3. The average molecular weight is 537 g/mol. The van der Waals surface area contributed by atoms with Crippen molar-refractivity contribution < 1.29 is 27.9 Å². The summed E-state index contributed by atoms with van der Waals surface area (Å²) in [7, 11) is 0. The van der Waals surface area contributed by atoms with Gasteiger partial charge in [-0.3, -0.25) is 14.5 Å². The highest BCUT2D eigenvalue weighted by Crippen LogP contribution is 2.45. The number of nitrogens with zero attached hydrogens (tertiary/aromatic N) is 1. The molecule has 3 aromatic rings. The quantitative estimate of drug-likeness (QED) is 0.229. The SMILES string of the molecule is O=C1C(=O)N(c2cccc(C(F)(F)F)c2)[C@@H](c2ccccc2Cl)C1=C(O)c1ccc(Br)cc1. The van der Waals surface area contributed by atoms with Crippen LogP contribution in [0.2, 0.25) is 5.02 Å². The second kappa shape index (κ2) is 8.68. The van der Waals surface area contributed by atoms with E-state index in [0.717, 1.165) is 27.6 Å². The van der Waals surface area contributed by atoms with Crippen LogP contribution in [0.15, 0.2) is 82.8 Å². The van der Waals surface area contributed by atoms with E-state index < -0.39 is 35.2 Å². The molecule has 1 N–H and O–H groups in total. The molecule has 33 heavy (non-hydrogen) atoms. The number of halogens is 5. The van der Waals surface area contributed by atoms with Gasteiger partial charge in [0.05, 0.1) is 17.2 Å². The van der Waals surface area contributed by atoms with E-state index in [0.29, 0.717) is 0 Å². The Labute approximate surface area is 200 Å². The van der Waals surface area contributed by atoms with Gasteiger partial charge in [0.15, 0.2) is 0 Å². The van der Waals surface area contributed by atoms with E-state index in [-0.39, 0.29) is 27.4 Å². The lowest BCUT2D eigenvalue weighted by Gasteiger charge is -2.26. The van der Waals surface area contributed by atoms with Gasteiger partial charge in [-0.1, -0.05) is 63.9 Å². The fourth-order valence-corrected chi connectivity index (χ4v) is 4.19. The first-order valence-electron chi connectivity index (χ1n) is 9.58. The molecule has 0 saturated carbocycles. The maximum atomic E-state index is 13.3. The van der Waals surface area contributed by atoms with Gasteiger partial charge in [-0.2, -0.15) is 13.2 Å². The van der Waals surface area contributed by atoms with Crippen molar-refractivity contribution in [2.24, 2.45) is 0 Å². The zero-order valence-corrected chi connectivity index (χ0v) is 18.9. The molecule has 0 spiro atoms. The van der Waals surface area contributed by atoms with Crippen molar-refractivity contribution in [2.45, 2.75) is 12.2 Å². The van der Waals surface area contributed by atoms with E-state index in [1.807, 2.05) is 0 Å². The Morgan fingerprint density at radius 1 is 0.970 bits per heavy atom. The number of Topliss-reactive ketones (excluding diaryl/α,β-unsaturated/α-hetero) is 1. The molecule has 1 heterocycles. The molecule has 0 aromatic heterocycles. The predicted octanol–water partition coefficient (Wildman–Crippen LogP) is 6.75. The molecule has 168 valence electrons. The molecule has 1 aliphatic rings. The van der Waals surface area contributed by atoms with Gasteiger partial charge in [0.25, 0.3) is 11.7 Å². The number of aliphatic hydroxyl groups excluding tert-OH is 1. The highest BCUT2D eigenvalue weighted by Gasteiger charge is 2.48. The van der Waals surface area contributed by atoms with E-state index in [1.165, 1.54) is 12.1 Å². The van der Waals surface area contributed by atoms with Crippen LogP contribution in [0.4, 0.5) is 18.9 Å². The molecule has 1 atom stereocenters. The lowest BCUT2D eigenvalue weighted by Crippen LogP contribution is -2.29. The average Bonchev–Trinajstić information content (AvgIpc) is 3.04. The fraction of sp³-hybridized carbons (Fsp3) is 0.0833. The zero-order chi connectivity index (χ0) is 23.9. The Hall–Kier alpha value is -3.10. The van der Waals surface area contributed by atoms with Crippen molar-refractivity contribution in [3.8, 4) is 0 Å². The van der Waals surface area contributed by atoms with E-state index in [9.17, 15) is 27.9 Å². The number of ketones is 1. The number of carbonyl (C=O) groups excluding carboxylic acids is 2. The van der Waals surface area contributed by atoms with Gasteiger partial charge in [-0.25, -0.2) is 0 Å². The molecular weight excluding hydrogens is 523 g/mol. The summed E-state index contributed by atoms with van der Waals surface area (Å²) in [6.07, 6.45) is -4.65. The van der Waals surface area contributed by atoms with Crippen LogP contribution in [0.25, 0.3) is 5.76 Å². The first-order chi connectivity index (χ1) is 15.6. The first kappa shape index (κ1) is 23.1. The summed E-state index contributed by atoms with van der Waals surface area (Å²) < 4.78 is 40.7. The summed E-state index contributed by atoms with van der Waals surface area (Å²) in [4.78, 5) is 27.1. The van der Waals surface area contributed by atoms with Crippen molar-refractivity contribution in [2.75, 3.05) is 4.90 Å². The van der Waals surface area contributed by atoms with Crippen LogP contribution >= 0.6 is 27.5 Å². The third-order valence-corrected chi connectivity index (χ3v) is 6.09. The van der Waals surface area contributed by atoms with Crippen molar-refractivity contribution in [3.63, 3.8) is 0 Å². The smallest absolute Gasteiger partial charge is 0.416 e. The van der Waals surface area contributed by atoms with Crippen molar-refractivity contribution >= 4 is 50.7 Å². The van der Waals surface area contributed by atoms with Gasteiger partial charge >= 0.3 is 6.18 Å². The maximum absolute atomic E-state index is 13.3. The molecule has 1 aliphatic heterocycles. The van der Waals surface area contributed by atoms with E-state index in [4.69, 9.17) is 11.6 Å². The lowest BCUT2D eigenvalue weighted by atomic mass is 9.95. The highest BCUT2D eigenvalue weighted by molar-refractivity contribution is 9.10. The molecule has 4 rings (SSSR count). The summed E-state index contributed by atoms with van der Waals surface area (Å²) in [5.74, 6) is -2.56. The van der Waals surface area contributed by atoms with Crippen molar-refractivity contribution in [1.29, 1.82) is 0 Å². The predicted molar refractivity (Wildman–Crippen MR) is 122 cm³/mol. The summed E-state index contributed by atoms with van der Waals surface area (Å²) >= 11 is 9.64. The summed E-state index contributed by atoms with van der Waals surface area (Å²) in [5, 5.41) is 11.2. The number of hydrogen-bond donors (Lipinski definition) is 1. The van der Waals surface area contributed by atoms with Crippen LogP contribution < -0.4 is 4.90 Å². The molecule has 3 aromatic carbocycles. The van der Waals surface area contributed by atoms with E-state index in [2.05, 4.69) is 15.9 Å². The van der Waals surface area contributed by atoms with Gasteiger partial charge in [0, 0.05) is 20.7 Å². The minimum absolute atomic E-state index is 0.147. The minimum atomic E-state index is -4.65.